The molecule has 0 heterocycles. The molecule has 4 nitrogen and oxygen atoms in total. The first-order chi connectivity index (χ1) is 8.80. The van der Waals surface area contributed by atoms with Crippen molar-refractivity contribution in [3.63, 3.8) is 0 Å². The van der Waals surface area contributed by atoms with E-state index in [0.717, 1.165) is 6.04 Å². The molecule has 0 unspecified atom stereocenters. The van der Waals surface area contributed by atoms with E-state index < -0.39 is 25.2 Å². The number of rotatable bonds is 8. The van der Waals surface area contributed by atoms with E-state index in [1.165, 1.54) is 0 Å². The van der Waals surface area contributed by atoms with Crippen LogP contribution in [-0.2, 0) is 17.8 Å². The molecule has 0 aromatic carbocycles. The monoisotopic (exact) mass is 334 g/mol. The second kappa shape index (κ2) is 7.17. The molecule has 0 fully saturated rings. The molecule has 0 aliphatic carbocycles. The van der Waals surface area contributed by atoms with Gasteiger partial charge in [0.1, 0.15) is 6.23 Å². The molecular weight excluding hydrogens is 304 g/mol. The highest BCUT2D eigenvalue weighted by Gasteiger charge is 2.39. The summed E-state index contributed by atoms with van der Waals surface area (Å²) >= 11 is 0. The lowest BCUT2D eigenvalue weighted by atomic mass is 10.4. The van der Waals surface area contributed by atoms with E-state index in [1.807, 2.05) is 0 Å². The maximum Gasteiger partial charge on any atom is 0.332 e. The second-order valence-corrected chi connectivity index (χ2v) is 19.3. The number of hydrogen-bond donors (Lipinski definition) is 0. The average Bonchev–Trinajstić information content (AvgIpc) is 2.22. The zero-order chi connectivity index (χ0) is 16.2. The van der Waals surface area contributed by atoms with Crippen LogP contribution in [0, 0.1) is 0 Å². The molecule has 0 atom stereocenters. The minimum atomic E-state index is -2.18. The van der Waals surface area contributed by atoms with Gasteiger partial charge in [0.05, 0.1) is 0 Å². The maximum absolute atomic E-state index is 11.5. The third kappa shape index (κ3) is 8.15. The smallest absolute Gasteiger partial charge is 0.332 e. The van der Waals surface area contributed by atoms with Crippen LogP contribution in [0.15, 0.2) is 12.2 Å². The summed E-state index contributed by atoms with van der Waals surface area (Å²) in [6.07, 6.45) is 0.340. The summed E-state index contributed by atoms with van der Waals surface area (Å²) in [7, 11) is -5.91. The Morgan fingerprint density at radius 1 is 1.00 bits per heavy atom. The first kappa shape index (κ1) is 19.8. The first-order valence-electron chi connectivity index (χ1n) is 7.03. The van der Waals surface area contributed by atoms with Crippen molar-refractivity contribution in [1.82, 2.24) is 0 Å². The van der Waals surface area contributed by atoms with Crippen molar-refractivity contribution in [2.45, 2.75) is 59.2 Å². The van der Waals surface area contributed by atoms with Crippen LogP contribution in [0.5, 0.6) is 0 Å². The predicted molar refractivity (Wildman–Crippen MR) is 90.9 cm³/mol. The molecule has 0 aliphatic heterocycles. The third-order valence-electron chi connectivity index (χ3n) is 2.79. The summed E-state index contributed by atoms with van der Waals surface area (Å²) in [6.45, 7) is 20.1. The Hall–Kier alpha value is -0.219. The van der Waals surface area contributed by atoms with E-state index in [4.69, 9.17) is 13.0 Å². The quantitative estimate of drug-likeness (QED) is 0.385. The zero-order valence-corrected chi connectivity index (χ0v) is 17.3. The largest absolute Gasteiger partial charge is 0.463 e. The molecule has 0 aliphatic rings. The number of esters is 1. The van der Waals surface area contributed by atoms with Crippen LogP contribution in [0.4, 0.5) is 0 Å². The molecule has 0 aromatic heterocycles. The molecule has 0 N–H and O–H groups in total. The van der Waals surface area contributed by atoms with E-state index >= 15 is 0 Å². The summed E-state index contributed by atoms with van der Waals surface area (Å²) in [6, 6.07) is 1.07. The minimum Gasteiger partial charge on any atom is -0.463 e. The number of ether oxygens (including phenoxy) is 1. The first-order valence-corrected chi connectivity index (χ1v) is 16.1. The average molecular weight is 335 g/mol. The van der Waals surface area contributed by atoms with E-state index in [-0.39, 0.29) is 5.97 Å². The van der Waals surface area contributed by atoms with E-state index in [2.05, 4.69) is 52.8 Å². The molecule has 0 bridgehead atoms. The van der Waals surface area contributed by atoms with Gasteiger partial charge in [-0.15, -0.1) is 0 Å². The molecule has 0 saturated heterocycles. The summed E-state index contributed by atoms with van der Waals surface area (Å²) in [5.41, 5.74) is 0.419. The van der Waals surface area contributed by atoms with Crippen LogP contribution >= 0.6 is 0 Å². The van der Waals surface area contributed by atoms with Crippen molar-refractivity contribution in [1.29, 1.82) is 0 Å². The lowest BCUT2D eigenvalue weighted by Gasteiger charge is -2.38. The van der Waals surface area contributed by atoms with Crippen LogP contribution in [0.1, 0.15) is 13.8 Å². The fourth-order valence-corrected chi connectivity index (χ4v) is 14.3. The standard InChI is InChI=1S/C13H30O4Si3/c1-10-18(4,5)16-20(8,9)17-19(6,7)11-15-13(14)12(2)3/h2,10-11H2,1,3-9H3. The molecule has 7 heteroatoms. The maximum atomic E-state index is 11.5. The highest BCUT2D eigenvalue weighted by atomic mass is 28.5. The van der Waals surface area contributed by atoms with Gasteiger partial charge in [-0.2, -0.15) is 0 Å². The summed E-state index contributed by atoms with van der Waals surface area (Å²) < 4.78 is 17.8. The molecule has 0 amide bonds. The Kier molecular flexibility index (Phi) is 7.09. The van der Waals surface area contributed by atoms with Crippen LogP contribution in [0.2, 0.25) is 45.3 Å². The van der Waals surface area contributed by atoms with Gasteiger partial charge in [0, 0.05) is 5.57 Å². The summed E-state index contributed by atoms with van der Waals surface area (Å²) in [5.74, 6) is -0.349. The van der Waals surface area contributed by atoms with Crippen molar-refractivity contribution in [3.8, 4) is 0 Å². The fraction of sp³-hybridized carbons (Fsp3) is 0.769. The van der Waals surface area contributed by atoms with E-state index in [1.54, 1.807) is 6.92 Å². The molecule has 20 heavy (non-hydrogen) atoms. The Morgan fingerprint density at radius 2 is 1.45 bits per heavy atom. The molecule has 0 saturated carbocycles. The van der Waals surface area contributed by atoms with E-state index in [9.17, 15) is 4.79 Å². The second-order valence-electron chi connectivity index (χ2n) is 6.83. The topological polar surface area (TPSA) is 44.8 Å². The number of carbonyl (C=O) groups excluding carboxylic acids is 1. The molecule has 0 radical (unpaired) electrons. The molecule has 0 aromatic rings. The molecule has 0 spiro atoms. The van der Waals surface area contributed by atoms with Crippen molar-refractivity contribution in [3.05, 3.63) is 12.2 Å². The van der Waals surface area contributed by atoms with Crippen molar-refractivity contribution in [2.24, 2.45) is 0 Å². The Bertz CT molecular complexity index is 365. The SMILES string of the molecule is C=C(C)C(=O)OC[Si](C)(C)O[Si](C)(C)O[Si](C)(C)CC. The third-order valence-corrected chi connectivity index (χ3v) is 13.7. The van der Waals surface area contributed by atoms with Crippen molar-refractivity contribution >= 4 is 31.2 Å². The molecular formula is C13H30O4Si3. The lowest BCUT2D eigenvalue weighted by Crippen LogP contribution is -2.54. The van der Waals surface area contributed by atoms with Crippen LogP contribution in [-0.4, -0.2) is 37.4 Å². The van der Waals surface area contributed by atoms with Crippen molar-refractivity contribution in [2.75, 3.05) is 6.23 Å². The lowest BCUT2D eigenvalue weighted by molar-refractivity contribution is -0.137. The van der Waals surface area contributed by atoms with Gasteiger partial charge in [0.2, 0.25) is 8.32 Å². The Labute approximate surface area is 127 Å². The van der Waals surface area contributed by atoms with Gasteiger partial charge in [-0.3, -0.25) is 0 Å². The number of carbonyl (C=O) groups is 1. The van der Waals surface area contributed by atoms with E-state index in [0.29, 0.717) is 11.8 Å². The highest BCUT2D eigenvalue weighted by Crippen LogP contribution is 2.22. The fourth-order valence-electron chi connectivity index (χ4n) is 1.82. The summed E-state index contributed by atoms with van der Waals surface area (Å²) in [5, 5.41) is 0. The van der Waals surface area contributed by atoms with Crippen molar-refractivity contribution < 1.29 is 17.8 Å². The molecule has 118 valence electrons. The molecule has 0 rings (SSSR count). The Balaban J connectivity index is 4.57. The van der Waals surface area contributed by atoms with Crippen LogP contribution in [0.25, 0.3) is 0 Å². The van der Waals surface area contributed by atoms with Gasteiger partial charge in [-0.25, -0.2) is 4.79 Å². The summed E-state index contributed by atoms with van der Waals surface area (Å²) in [4.78, 5) is 11.5. The van der Waals surface area contributed by atoms with Crippen LogP contribution < -0.4 is 0 Å². The minimum absolute atomic E-state index is 0.340. The highest BCUT2D eigenvalue weighted by molar-refractivity contribution is 6.87. The van der Waals surface area contributed by atoms with Gasteiger partial charge < -0.3 is 13.0 Å². The number of hydrogen-bond acceptors (Lipinski definition) is 4. The van der Waals surface area contributed by atoms with Gasteiger partial charge in [0.15, 0.2) is 8.32 Å². The van der Waals surface area contributed by atoms with Gasteiger partial charge in [0.25, 0.3) is 0 Å². The van der Waals surface area contributed by atoms with Gasteiger partial charge >= 0.3 is 14.5 Å². The Morgan fingerprint density at radius 3 is 1.85 bits per heavy atom. The zero-order valence-electron chi connectivity index (χ0n) is 14.3. The van der Waals surface area contributed by atoms with Gasteiger partial charge in [-0.1, -0.05) is 13.5 Å². The predicted octanol–water partition coefficient (Wildman–Crippen LogP) is 3.81. The van der Waals surface area contributed by atoms with Crippen LogP contribution in [0.3, 0.4) is 0 Å². The van der Waals surface area contributed by atoms with Gasteiger partial charge in [-0.05, 0) is 52.2 Å². The normalized spacial score (nSPS) is 13.2.